The molecule has 0 amide bonds. The minimum absolute atomic E-state index is 0.126. The van der Waals surface area contributed by atoms with Crippen LogP contribution in [0.2, 0.25) is 0 Å². The van der Waals surface area contributed by atoms with Gasteiger partial charge in [-0.2, -0.15) is 5.26 Å². The number of H-pyrrole nitrogens is 1. The van der Waals surface area contributed by atoms with Gasteiger partial charge in [0.25, 0.3) is 5.95 Å². The topological polar surface area (TPSA) is 211 Å². The van der Waals surface area contributed by atoms with Crippen molar-refractivity contribution >= 4 is 29.2 Å². The quantitative estimate of drug-likeness (QED) is 0.328. The zero-order valence-corrected chi connectivity index (χ0v) is 13.5. The summed E-state index contributed by atoms with van der Waals surface area (Å²) in [4.78, 5) is 17.4. The molecule has 0 saturated carbocycles. The first kappa shape index (κ1) is 18.7. The molecule has 0 atom stereocenters. The lowest BCUT2D eigenvalue weighted by molar-refractivity contribution is 0.0684. The number of hydrogen-bond donors (Lipinski definition) is 6. The summed E-state index contributed by atoms with van der Waals surface area (Å²) in [5.74, 6) is -1.22. The van der Waals surface area contributed by atoms with Crippen LogP contribution in [0.15, 0.2) is 16.3 Å². The van der Waals surface area contributed by atoms with Gasteiger partial charge in [0, 0.05) is 19.6 Å². The van der Waals surface area contributed by atoms with E-state index in [0.717, 1.165) is 0 Å². The number of aliphatic hydroxyl groups is 1. The molecular weight excluding hydrogens is 344 g/mol. The van der Waals surface area contributed by atoms with Crippen molar-refractivity contribution in [2.75, 3.05) is 36.9 Å². The smallest absolute Gasteiger partial charge is 0.373 e. The van der Waals surface area contributed by atoms with Gasteiger partial charge in [0.05, 0.1) is 12.2 Å². The van der Waals surface area contributed by atoms with Gasteiger partial charge in [-0.1, -0.05) is 0 Å². The van der Waals surface area contributed by atoms with Crippen molar-refractivity contribution in [1.29, 1.82) is 5.26 Å². The summed E-state index contributed by atoms with van der Waals surface area (Å²) in [6.45, 7) is 0.819. The lowest BCUT2D eigenvalue weighted by atomic mass is 10.2. The molecule has 13 nitrogen and oxygen atoms in total. The molecule has 0 aliphatic heterocycles. The monoisotopic (exact) mass is 360 g/mol. The number of rotatable bonds is 9. The predicted molar refractivity (Wildman–Crippen MR) is 89.6 cm³/mol. The second kappa shape index (κ2) is 9.01. The van der Waals surface area contributed by atoms with Gasteiger partial charge in [-0.15, -0.1) is 20.4 Å². The molecule has 0 aliphatic carbocycles. The van der Waals surface area contributed by atoms with Crippen LogP contribution in [0, 0.1) is 11.3 Å². The molecule has 0 aliphatic rings. The molecule has 0 bridgehead atoms. The Kier molecular flexibility index (Phi) is 6.48. The number of anilines is 2. The third kappa shape index (κ3) is 4.69. The number of aromatic carboxylic acids is 1. The molecule has 0 radical (unpaired) electrons. The highest BCUT2D eigenvalue weighted by atomic mass is 16.4. The second-order valence-corrected chi connectivity index (χ2v) is 4.73. The van der Waals surface area contributed by atoms with Crippen molar-refractivity contribution in [3.63, 3.8) is 0 Å². The Morgan fingerprint density at radius 2 is 2.08 bits per heavy atom. The van der Waals surface area contributed by atoms with Gasteiger partial charge in [-0.25, -0.2) is 9.78 Å². The lowest BCUT2D eigenvalue weighted by Gasteiger charge is -2.11. The van der Waals surface area contributed by atoms with Crippen LogP contribution in [0.25, 0.3) is 0 Å². The number of aromatic nitrogens is 4. The van der Waals surface area contributed by atoms with Gasteiger partial charge >= 0.3 is 5.97 Å². The molecular formula is C13H16N10O3. The van der Waals surface area contributed by atoms with E-state index in [1.807, 2.05) is 6.07 Å². The number of azo groups is 1. The van der Waals surface area contributed by atoms with Crippen LogP contribution in [0.5, 0.6) is 0 Å². The Morgan fingerprint density at radius 1 is 1.31 bits per heavy atom. The number of hydrogen-bond acceptors (Lipinski definition) is 11. The Labute approximate surface area is 147 Å². The highest BCUT2D eigenvalue weighted by Crippen LogP contribution is 2.29. The van der Waals surface area contributed by atoms with E-state index in [2.05, 4.69) is 41.0 Å². The first-order valence-corrected chi connectivity index (χ1v) is 7.40. The highest BCUT2D eigenvalue weighted by molar-refractivity contribution is 5.83. The average Bonchev–Trinajstić information content (AvgIpc) is 3.12. The second-order valence-electron chi connectivity index (χ2n) is 4.73. The molecule has 0 aromatic carbocycles. The fraction of sp³-hybridized carbons (Fsp3) is 0.308. The third-order valence-electron chi connectivity index (χ3n) is 2.89. The number of carbonyl (C=O) groups is 1. The molecule has 7 N–H and O–H groups in total. The van der Waals surface area contributed by atoms with Crippen LogP contribution in [0.4, 0.5) is 23.3 Å². The van der Waals surface area contributed by atoms with E-state index in [1.54, 1.807) is 0 Å². The number of carboxylic acids is 1. The molecule has 0 saturated heterocycles. The van der Waals surface area contributed by atoms with Gasteiger partial charge in [0.1, 0.15) is 17.6 Å². The van der Waals surface area contributed by atoms with Crippen molar-refractivity contribution in [2.24, 2.45) is 16.0 Å². The molecule has 0 unspecified atom stereocenters. The van der Waals surface area contributed by atoms with Crippen molar-refractivity contribution in [2.45, 2.75) is 0 Å². The number of pyridine rings is 1. The Morgan fingerprint density at radius 3 is 2.69 bits per heavy atom. The fourth-order valence-electron chi connectivity index (χ4n) is 1.79. The summed E-state index contributed by atoms with van der Waals surface area (Å²) >= 11 is 0. The van der Waals surface area contributed by atoms with Crippen molar-refractivity contribution in [1.82, 2.24) is 20.2 Å². The maximum Gasteiger partial charge on any atom is 0.373 e. The van der Waals surface area contributed by atoms with Crippen LogP contribution >= 0.6 is 0 Å². The minimum atomic E-state index is -1.28. The average molecular weight is 360 g/mol. The number of nitrogens with zero attached hydrogens (tertiary/aromatic N) is 6. The molecule has 2 heterocycles. The maximum absolute atomic E-state index is 10.8. The summed E-state index contributed by atoms with van der Waals surface area (Å²) in [5, 5.41) is 47.4. The Balaban J connectivity index is 2.35. The summed E-state index contributed by atoms with van der Waals surface area (Å²) < 4.78 is 0. The number of nitrogens with two attached hydrogens (primary N) is 1. The van der Waals surface area contributed by atoms with Gasteiger partial charge < -0.3 is 26.6 Å². The van der Waals surface area contributed by atoms with Gasteiger partial charge in [0.15, 0.2) is 5.82 Å². The van der Waals surface area contributed by atoms with Crippen LogP contribution in [0.3, 0.4) is 0 Å². The summed E-state index contributed by atoms with van der Waals surface area (Å²) in [6.07, 6.45) is 0. The van der Waals surface area contributed by atoms with E-state index in [0.29, 0.717) is 18.9 Å². The van der Waals surface area contributed by atoms with Crippen molar-refractivity contribution in [3.8, 4) is 6.07 Å². The van der Waals surface area contributed by atoms with E-state index in [9.17, 15) is 10.1 Å². The largest absolute Gasteiger partial charge is 0.475 e. The normalized spacial score (nSPS) is 10.7. The van der Waals surface area contributed by atoms with Crippen molar-refractivity contribution < 1.29 is 15.0 Å². The van der Waals surface area contributed by atoms with E-state index in [4.69, 9.17) is 15.9 Å². The predicted octanol–water partition coefficient (Wildman–Crippen LogP) is -0.0402. The van der Waals surface area contributed by atoms with Gasteiger partial charge in [-0.3, -0.25) is 4.98 Å². The van der Waals surface area contributed by atoms with Gasteiger partial charge in [0.2, 0.25) is 5.82 Å². The van der Waals surface area contributed by atoms with E-state index in [-0.39, 0.29) is 42.0 Å². The van der Waals surface area contributed by atoms with E-state index < -0.39 is 5.97 Å². The van der Waals surface area contributed by atoms with E-state index >= 15 is 0 Å². The first-order chi connectivity index (χ1) is 12.6. The van der Waals surface area contributed by atoms with Crippen LogP contribution in [0.1, 0.15) is 16.2 Å². The number of aromatic amines is 1. The van der Waals surface area contributed by atoms with Crippen LogP contribution in [-0.4, -0.2) is 62.6 Å². The highest BCUT2D eigenvalue weighted by Gasteiger charge is 2.13. The van der Waals surface area contributed by atoms with E-state index in [1.165, 1.54) is 6.07 Å². The number of nitrogens with one attached hydrogen (secondary N) is 3. The fourth-order valence-corrected chi connectivity index (χ4v) is 1.79. The molecule has 136 valence electrons. The zero-order chi connectivity index (χ0) is 18.9. The van der Waals surface area contributed by atoms with Crippen LogP contribution < -0.4 is 16.4 Å². The summed E-state index contributed by atoms with van der Waals surface area (Å²) in [7, 11) is 0. The molecule has 2 rings (SSSR count). The SMILES string of the molecule is N#Cc1cc(/N=N/c2nnc(C(=O)O)[nH]2)c(NCCO)nc1NCCN. The molecule has 13 heteroatoms. The molecule has 2 aromatic rings. The standard InChI is InChI=1S/C13H16N10O3/c14-1-2-16-9-7(6-15)5-8(10(18-9)17-3-4-24)20-22-13-19-11(12(25)26)21-23-13/h5,24H,1-4,14H2,(H,25,26)(H2,16,17,18)(H,19,21,23)/b22-20+. The molecule has 2 aromatic heterocycles. The first-order valence-electron chi connectivity index (χ1n) is 7.40. The Hall–Kier alpha value is -3.63. The number of nitriles is 1. The Bertz CT molecular complexity index is 841. The van der Waals surface area contributed by atoms with Crippen LogP contribution in [-0.2, 0) is 0 Å². The minimum Gasteiger partial charge on any atom is -0.475 e. The number of aliphatic hydroxyl groups excluding tert-OH is 1. The number of carboxylic acid groups (broad SMARTS) is 1. The lowest BCUT2D eigenvalue weighted by Crippen LogP contribution is -2.16. The third-order valence-corrected chi connectivity index (χ3v) is 2.89. The van der Waals surface area contributed by atoms with Crippen molar-refractivity contribution in [3.05, 3.63) is 17.5 Å². The molecule has 0 fully saturated rings. The summed E-state index contributed by atoms with van der Waals surface area (Å²) in [5.41, 5.74) is 5.85. The zero-order valence-electron chi connectivity index (χ0n) is 13.5. The molecule has 0 spiro atoms. The van der Waals surface area contributed by atoms with Gasteiger partial charge in [-0.05, 0) is 6.07 Å². The summed E-state index contributed by atoms with van der Waals surface area (Å²) in [6, 6.07) is 3.42. The maximum atomic E-state index is 10.8. The molecule has 26 heavy (non-hydrogen) atoms.